The topological polar surface area (TPSA) is 30.2 Å². The Balaban J connectivity index is 3.39. The van der Waals surface area contributed by atoms with Gasteiger partial charge in [0.05, 0.1) is 5.56 Å². The van der Waals surface area contributed by atoms with Gasteiger partial charge in [0, 0.05) is 5.56 Å². The lowest BCUT2D eigenvalue weighted by atomic mass is 10.1. The Morgan fingerprint density at radius 2 is 2.07 bits per heavy atom. The van der Waals surface area contributed by atoms with Gasteiger partial charge in [-0.3, -0.25) is 4.79 Å². The first-order valence-electron chi connectivity index (χ1n) is 4.43. The zero-order chi connectivity index (χ0) is 11.4. The summed E-state index contributed by atoms with van der Waals surface area (Å²) in [6.07, 6.45) is 6.23. The summed E-state index contributed by atoms with van der Waals surface area (Å²) in [7, 11) is 0. The van der Waals surface area contributed by atoms with Crippen LogP contribution in [0, 0.1) is 0 Å². The minimum Gasteiger partial charge on any atom is -0.449 e. The number of hydrogen-bond acceptors (Lipinski definition) is 3. The molecule has 0 spiro atoms. The maximum atomic E-state index is 11.7. The number of allylic oxidation sites excluding steroid dienone is 2. The molecule has 0 unspecified atom stereocenters. The molecule has 0 atom stereocenters. The third-order valence-electron chi connectivity index (χ3n) is 1.91. The molecule has 0 fully saturated rings. The standard InChI is InChI=1S/C12H12O2S/c1-4-7-9(13)11-8(5-2)10(6-3)14-12(11)15/h4-7,15H,2-3H2,1H3/b7-4+. The fourth-order valence-electron chi connectivity index (χ4n) is 1.28. The van der Waals surface area contributed by atoms with Gasteiger partial charge in [0.25, 0.3) is 0 Å². The van der Waals surface area contributed by atoms with Crippen LogP contribution in [0.15, 0.2) is 34.8 Å². The van der Waals surface area contributed by atoms with E-state index >= 15 is 0 Å². The molecular formula is C12H12O2S. The van der Waals surface area contributed by atoms with Gasteiger partial charge in [-0.2, -0.15) is 0 Å². The van der Waals surface area contributed by atoms with Crippen molar-refractivity contribution in [1.82, 2.24) is 0 Å². The summed E-state index contributed by atoms with van der Waals surface area (Å²) < 4.78 is 5.27. The summed E-state index contributed by atoms with van der Waals surface area (Å²) in [6, 6.07) is 0. The van der Waals surface area contributed by atoms with Crippen molar-refractivity contribution in [3.8, 4) is 0 Å². The van der Waals surface area contributed by atoms with Gasteiger partial charge in [-0.15, -0.1) is 12.6 Å². The molecule has 1 heterocycles. The normalized spacial score (nSPS) is 10.5. The number of ketones is 1. The Bertz CT molecular complexity index is 439. The smallest absolute Gasteiger partial charge is 0.190 e. The van der Waals surface area contributed by atoms with Gasteiger partial charge in [0.2, 0.25) is 0 Å². The quantitative estimate of drug-likeness (QED) is 0.477. The van der Waals surface area contributed by atoms with E-state index in [9.17, 15) is 4.79 Å². The van der Waals surface area contributed by atoms with Crippen LogP contribution in [0.3, 0.4) is 0 Å². The lowest BCUT2D eigenvalue weighted by Gasteiger charge is -1.94. The van der Waals surface area contributed by atoms with E-state index in [1.807, 2.05) is 0 Å². The summed E-state index contributed by atoms with van der Waals surface area (Å²) in [6.45, 7) is 9.01. The Kier molecular flexibility index (Phi) is 3.74. The zero-order valence-electron chi connectivity index (χ0n) is 8.49. The number of furan rings is 1. The van der Waals surface area contributed by atoms with Crippen LogP contribution in [0.5, 0.6) is 0 Å². The van der Waals surface area contributed by atoms with Gasteiger partial charge in [-0.05, 0) is 19.1 Å². The highest BCUT2D eigenvalue weighted by atomic mass is 32.1. The minimum atomic E-state index is -0.144. The highest BCUT2D eigenvalue weighted by Gasteiger charge is 2.18. The SMILES string of the molecule is C=Cc1oc(S)c(C(=O)/C=C/C)c1C=C. The second-order valence-electron chi connectivity index (χ2n) is 2.83. The molecule has 0 N–H and O–H groups in total. The van der Waals surface area contributed by atoms with Gasteiger partial charge in [0.1, 0.15) is 5.76 Å². The first-order chi connectivity index (χ1) is 7.15. The average molecular weight is 220 g/mol. The van der Waals surface area contributed by atoms with E-state index in [1.54, 1.807) is 19.1 Å². The Labute approximate surface area is 94.4 Å². The van der Waals surface area contributed by atoms with Gasteiger partial charge in [-0.25, -0.2) is 0 Å². The monoisotopic (exact) mass is 220 g/mol. The highest BCUT2D eigenvalue weighted by molar-refractivity contribution is 7.80. The van der Waals surface area contributed by atoms with E-state index in [-0.39, 0.29) is 5.78 Å². The summed E-state index contributed by atoms with van der Waals surface area (Å²) in [5.74, 6) is 0.372. The van der Waals surface area contributed by atoms with E-state index in [0.717, 1.165) is 0 Å². The predicted octanol–water partition coefficient (Wildman–Crippen LogP) is 3.61. The van der Waals surface area contributed by atoms with Crippen LogP contribution in [0.25, 0.3) is 12.2 Å². The van der Waals surface area contributed by atoms with E-state index in [2.05, 4.69) is 25.8 Å². The average Bonchev–Trinajstić information content (AvgIpc) is 2.54. The number of hydrogen-bond donors (Lipinski definition) is 1. The fraction of sp³-hybridized carbons (Fsp3) is 0.0833. The Morgan fingerprint density at radius 1 is 1.40 bits per heavy atom. The van der Waals surface area contributed by atoms with Gasteiger partial charge < -0.3 is 4.42 Å². The van der Waals surface area contributed by atoms with Gasteiger partial charge in [0.15, 0.2) is 10.9 Å². The minimum absolute atomic E-state index is 0.144. The molecule has 15 heavy (non-hydrogen) atoms. The van der Waals surface area contributed by atoms with Crippen LogP contribution >= 0.6 is 12.6 Å². The summed E-state index contributed by atoms with van der Waals surface area (Å²) in [5, 5.41) is 0.294. The molecule has 0 aromatic carbocycles. The molecule has 0 amide bonds. The summed E-state index contributed by atoms with van der Waals surface area (Å²) in [4.78, 5) is 11.7. The van der Waals surface area contributed by atoms with Crippen molar-refractivity contribution in [1.29, 1.82) is 0 Å². The van der Waals surface area contributed by atoms with Crippen molar-refractivity contribution < 1.29 is 9.21 Å². The maximum Gasteiger partial charge on any atom is 0.190 e. The molecule has 1 aromatic heterocycles. The molecule has 0 aliphatic carbocycles. The van der Waals surface area contributed by atoms with E-state index in [1.165, 1.54) is 12.2 Å². The first-order valence-corrected chi connectivity index (χ1v) is 4.88. The number of rotatable bonds is 4. The second-order valence-corrected chi connectivity index (χ2v) is 3.24. The van der Waals surface area contributed by atoms with Crippen molar-refractivity contribution in [2.24, 2.45) is 0 Å². The van der Waals surface area contributed by atoms with Crippen molar-refractivity contribution in [2.45, 2.75) is 12.0 Å². The van der Waals surface area contributed by atoms with Gasteiger partial charge in [-0.1, -0.05) is 25.3 Å². The van der Waals surface area contributed by atoms with Crippen LogP contribution < -0.4 is 0 Å². The Morgan fingerprint density at radius 3 is 2.53 bits per heavy atom. The Hall–Kier alpha value is -1.48. The second kappa shape index (κ2) is 4.84. The van der Waals surface area contributed by atoms with Crippen LogP contribution in [0.1, 0.15) is 28.6 Å². The molecular weight excluding hydrogens is 208 g/mol. The molecule has 0 bridgehead atoms. The predicted molar refractivity (Wildman–Crippen MR) is 65.3 cm³/mol. The van der Waals surface area contributed by atoms with Crippen LogP contribution in [0.2, 0.25) is 0 Å². The lowest BCUT2D eigenvalue weighted by Crippen LogP contribution is -1.95. The molecule has 0 aliphatic heterocycles. The van der Waals surface area contributed by atoms with E-state index < -0.39 is 0 Å². The summed E-state index contributed by atoms with van der Waals surface area (Å²) in [5.41, 5.74) is 1.07. The molecule has 3 heteroatoms. The van der Waals surface area contributed by atoms with Crippen molar-refractivity contribution in [3.05, 3.63) is 42.2 Å². The molecule has 0 radical (unpaired) electrons. The highest BCUT2D eigenvalue weighted by Crippen LogP contribution is 2.28. The fourth-order valence-corrected chi connectivity index (χ4v) is 1.60. The van der Waals surface area contributed by atoms with Crippen LogP contribution in [-0.2, 0) is 0 Å². The molecule has 78 valence electrons. The number of thiol groups is 1. The first kappa shape index (κ1) is 11.6. The zero-order valence-corrected chi connectivity index (χ0v) is 9.38. The molecule has 0 aliphatic rings. The molecule has 1 aromatic rings. The van der Waals surface area contributed by atoms with Crippen molar-refractivity contribution in [3.63, 3.8) is 0 Å². The van der Waals surface area contributed by atoms with E-state index in [0.29, 0.717) is 22.0 Å². The molecule has 0 saturated carbocycles. The molecule has 2 nitrogen and oxygen atoms in total. The van der Waals surface area contributed by atoms with Gasteiger partial charge >= 0.3 is 0 Å². The van der Waals surface area contributed by atoms with Crippen LogP contribution in [-0.4, -0.2) is 5.78 Å². The van der Waals surface area contributed by atoms with E-state index in [4.69, 9.17) is 4.42 Å². The lowest BCUT2D eigenvalue weighted by molar-refractivity contribution is 0.104. The third-order valence-corrected chi connectivity index (χ3v) is 2.22. The third kappa shape index (κ3) is 2.13. The largest absolute Gasteiger partial charge is 0.449 e. The van der Waals surface area contributed by atoms with Crippen LogP contribution in [0.4, 0.5) is 0 Å². The molecule has 1 rings (SSSR count). The maximum absolute atomic E-state index is 11.7. The number of carbonyl (C=O) groups excluding carboxylic acids is 1. The summed E-state index contributed by atoms with van der Waals surface area (Å²) >= 11 is 4.11. The van der Waals surface area contributed by atoms with Crippen molar-refractivity contribution in [2.75, 3.05) is 0 Å². The molecule has 0 saturated heterocycles. The van der Waals surface area contributed by atoms with Crippen molar-refractivity contribution >= 4 is 30.6 Å². The number of carbonyl (C=O) groups is 1.